The third-order valence-electron chi connectivity index (χ3n) is 2.67. The Morgan fingerprint density at radius 1 is 1.20 bits per heavy atom. The molecular weight excluding hydrogens is 262 g/mol. The van der Waals surface area contributed by atoms with Crippen LogP contribution in [0.3, 0.4) is 0 Å². The lowest BCUT2D eigenvalue weighted by atomic mass is 10.2. The SMILES string of the molecule is CCCNc1cc(COc2ccc(F)cc2F)ccn1. The first-order valence-corrected chi connectivity index (χ1v) is 6.45. The number of ether oxygens (including phenoxy) is 1. The summed E-state index contributed by atoms with van der Waals surface area (Å²) in [5.74, 6) is -0.535. The molecule has 20 heavy (non-hydrogen) atoms. The number of nitrogens with one attached hydrogen (secondary N) is 1. The van der Waals surface area contributed by atoms with Crippen LogP contribution in [0, 0.1) is 11.6 Å². The van der Waals surface area contributed by atoms with Crippen LogP contribution in [0.15, 0.2) is 36.5 Å². The van der Waals surface area contributed by atoms with Crippen LogP contribution < -0.4 is 10.1 Å². The van der Waals surface area contributed by atoms with Crippen LogP contribution in [0.2, 0.25) is 0 Å². The summed E-state index contributed by atoms with van der Waals surface area (Å²) in [6.07, 6.45) is 2.67. The van der Waals surface area contributed by atoms with Gasteiger partial charge in [-0.05, 0) is 36.2 Å². The van der Waals surface area contributed by atoms with Crippen LogP contribution in [0.1, 0.15) is 18.9 Å². The second-order valence-corrected chi connectivity index (χ2v) is 4.34. The van der Waals surface area contributed by atoms with Gasteiger partial charge in [-0.25, -0.2) is 13.8 Å². The third kappa shape index (κ3) is 3.91. The first-order chi connectivity index (χ1) is 9.69. The Hall–Kier alpha value is -2.17. The van der Waals surface area contributed by atoms with Crippen LogP contribution in [0.4, 0.5) is 14.6 Å². The number of rotatable bonds is 6. The summed E-state index contributed by atoms with van der Waals surface area (Å²) in [6, 6.07) is 6.88. The smallest absolute Gasteiger partial charge is 0.167 e. The minimum absolute atomic E-state index is 0.0336. The Kier molecular flexibility index (Phi) is 4.87. The molecule has 3 nitrogen and oxygen atoms in total. The van der Waals surface area contributed by atoms with Crippen molar-refractivity contribution >= 4 is 5.82 Å². The minimum Gasteiger partial charge on any atom is -0.486 e. The Balaban J connectivity index is 1.99. The molecule has 0 saturated heterocycles. The Bertz CT molecular complexity index is 576. The molecule has 106 valence electrons. The highest BCUT2D eigenvalue weighted by Crippen LogP contribution is 2.19. The molecular formula is C15H16F2N2O. The van der Waals surface area contributed by atoms with E-state index in [1.54, 1.807) is 12.3 Å². The second-order valence-electron chi connectivity index (χ2n) is 4.34. The van der Waals surface area contributed by atoms with Crippen LogP contribution in [0.25, 0.3) is 0 Å². The molecule has 2 rings (SSSR count). The number of benzene rings is 1. The van der Waals surface area contributed by atoms with Crippen LogP contribution >= 0.6 is 0 Å². The number of pyridine rings is 1. The van der Waals surface area contributed by atoms with Crippen molar-refractivity contribution < 1.29 is 13.5 Å². The fourth-order valence-corrected chi connectivity index (χ4v) is 1.67. The molecule has 0 spiro atoms. The van der Waals surface area contributed by atoms with Crippen LogP contribution in [-0.4, -0.2) is 11.5 Å². The van der Waals surface area contributed by atoms with E-state index in [1.807, 2.05) is 6.07 Å². The molecule has 0 aliphatic rings. The van der Waals surface area contributed by atoms with Gasteiger partial charge in [0, 0.05) is 18.8 Å². The van der Waals surface area contributed by atoms with E-state index in [1.165, 1.54) is 12.1 Å². The van der Waals surface area contributed by atoms with Gasteiger partial charge in [-0.15, -0.1) is 0 Å². The second kappa shape index (κ2) is 6.84. The average Bonchev–Trinajstić information content (AvgIpc) is 2.45. The van der Waals surface area contributed by atoms with E-state index in [2.05, 4.69) is 17.2 Å². The molecule has 0 fully saturated rings. The summed E-state index contributed by atoms with van der Waals surface area (Å²) >= 11 is 0. The lowest BCUT2D eigenvalue weighted by Crippen LogP contribution is -2.03. The quantitative estimate of drug-likeness (QED) is 0.873. The largest absolute Gasteiger partial charge is 0.486 e. The van der Waals surface area contributed by atoms with Gasteiger partial charge in [0.2, 0.25) is 0 Å². The molecule has 1 heterocycles. The van der Waals surface area contributed by atoms with Crippen molar-refractivity contribution in [3.05, 3.63) is 53.7 Å². The van der Waals surface area contributed by atoms with Crippen molar-refractivity contribution in [2.75, 3.05) is 11.9 Å². The minimum atomic E-state index is -0.705. The van der Waals surface area contributed by atoms with Crippen molar-refractivity contribution in [2.24, 2.45) is 0 Å². The Labute approximate surface area is 116 Å². The fraction of sp³-hybridized carbons (Fsp3) is 0.267. The molecule has 5 heteroatoms. The summed E-state index contributed by atoms with van der Waals surface area (Å²) in [6.45, 7) is 3.10. The van der Waals surface area contributed by atoms with Gasteiger partial charge in [-0.2, -0.15) is 0 Å². The molecule has 2 aromatic rings. The zero-order chi connectivity index (χ0) is 14.4. The molecule has 0 unspecified atom stereocenters. The standard InChI is InChI=1S/C15H16F2N2O/c1-2-6-18-15-8-11(5-7-19-15)10-20-14-4-3-12(16)9-13(14)17/h3-5,7-9H,2,6,10H2,1H3,(H,18,19). The average molecular weight is 278 g/mol. The predicted molar refractivity (Wildman–Crippen MR) is 73.7 cm³/mol. The molecule has 1 aromatic carbocycles. The van der Waals surface area contributed by atoms with Gasteiger partial charge in [0.25, 0.3) is 0 Å². The van der Waals surface area contributed by atoms with E-state index >= 15 is 0 Å². The normalized spacial score (nSPS) is 10.3. The van der Waals surface area contributed by atoms with E-state index in [9.17, 15) is 8.78 Å². The van der Waals surface area contributed by atoms with Gasteiger partial charge in [0.05, 0.1) is 0 Å². The van der Waals surface area contributed by atoms with E-state index in [4.69, 9.17) is 4.74 Å². The summed E-state index contributed by atoms with van der Waals surface area (Å²) in [7, 11) is 0. The first-order valence-electron chi connectivity index (χ1n) is 6.45. The molecule has 1 N–H and O–H groups in total. The summed E-state index contributed by atoms with van der Waals surface area (Å²) in [5, 5.41) is 3.16. The van der Waals surface area contributed by atoms with Crippen molar-refractivity contribution in [3.63, 3.8) is 0 Å². The summed E-state index contributed by atoms with van der Waals surface area (Å²) in [5.41, 5.74) is 0.863. The highest BCUT2D eigenvalue weighted by atomic mass is 19.1. The number of halogens is 2. The fourth-order valence-electron chi connectivity index (χ4n) is 1.67. The maximum absolute atomic E-state index is 13.4. The van der Waals surface area contributed by atoms with Gasteiger partial charge in [0.1, 0.15) is 18.2 Å². The highest BCUT2D eigenvalue weighted by Gasteiger charge is 2.05. The van der Waals surface area contributed by atoms with Gasteiger partial charge in [0.15, 0.2) is 11.6 Å². The molecule has 1 aromatic heterocycles. The summed E-state index contributed by atoms with van der Waals surface area (Å²) < 4.78 is 31.5. The van der Waals surface area contributed by atoms with Crippen molar-refractivity contribution in [2.45, 2.75) is 20.0 Å². The number of anilines is 1. The first kappa shape index (κ1) is 14.2. The molecule has 0 aliphatic carbocycles. The van der Waals surface area contributed by atoms with Crippen molar-refractivity contribution in [1.29, 1.82) is 0 Å². The number of nitrogens with zero attached hydrogens (tertiary/aromatic N) is 1. The zero-order valence-electron chi connectivity index (χ0n) is 11.2. The maximum atomic E-state index is 13.4. The molecule has 0 radical (unpaired) electrons. The van der Waals surface area contributed by atoms with E-state index in [0.717, 1.165) is 30.4 Å². The molecule has 0 atom stereocenters. The lowest BCUT2D eigenvalue weighted by Gasteiger charge is -2.09. The molecule has 0 aliphatic heterocycles. The lowest BCUT2D eigenvalue weighted by molar-refractivity contribution is 0.289. The third-order valence-corrected chi connectivity index (χ3v) is 2.67. The Morgan fingerprint density at radius 2 is 2.05 bits per heavy atom. The van der Waals surface area contributed by atoms with Gasteiger partial charge >= 0.3 is 0 Å². The van der Waals surface area contributed by atoms with Crippen LogP contribution in [0.5, 0.6) is 5.75 Å². The predicted octanol–water partition coefficient (Wildman–Crippen LogP) is 3.76. The number of hydrogen-bond donors (Lipinski definition) is 1. The molecule has 0 bridgehead atoms. The van der Waals surface area contributed by atoms with Crippen molar-refractivity contribution in [1.82, 2.24) is 4.98 Å². The topological polar surface area (TPSA) is 34.1 Å². The van der Waals surface area contributed by atoms with E-state index < -0.39 is 11.6 Å². The molecule has 0 amide bonds. The number of aromatic nitrogens is 1. The monoisotopic (exact) mass is 278 g/mol. The maximum Gasteiger partial charge on any atom is 0.167 e. The van der Waals surface area contributed by atoms with Gasteiger partial charge in [-0.3, -0.25) is 0 Å². The van der Waals surface area contributed by atoms with Gasteiger partial charge < -0.3 is 10.1 Å². The van der Waals surface area contributed by atoms with Crippen molar-refractivity contribution in [3.8, 4) is 5.75 Å². The number of hydrogen-bond acceptors (Lipinski definition) is 3. The van der Waals surface area contributed by atoms with Crippen LogP contribution in [-0.2, 0) is 6.61 Å². The molecule has 0 saturated carbocycles. The van der Waals surface area contributed by atoms with Gasteiger partial charge in [-0.1, -0.05) is 6.92 Å². The van der Waals surface area contributed by atoms with E-state index in [-0.39, 0.29) is 12.4 Å². The summed E-state index contributed by atoms with van der Waals surface area (Å²) in [4.78, 5) is 4.17. The highest BCUT2D eigenvalue weighted by molar-refractivity contribution is 5.37. The zero-order valence-corrected chi connectivity index (χ0v) is 11.2. The van der Waals surface area contributed by atoms with E-state index in [0.29, 0.717) is 0 Å². The Morgan fingerprint density at radius 3 is 2.80 bits per heavy atom.